The van der Waals surface area contributed by atoms with Gasteiger partial charge in [-0.15, -0.1) is 11.3 Å². The Labute approximate surface area is 340 Å². The molecule has 0 aliphatic rings. The van der Waals surface area contributed by atoms with Crippen LogP contribution in [0.5, 0.6) is 0 Å². The summed E-state index contributed by atoms with van der Waals surface area (Å²) in [4.78, 5) is 15.4. The van der Waals surface area contributed by atoms with E-state index in [1.807, 2.05) is 66.7 Å². The summed E-state index contributed by atoms with van der Waals surface area (Å²) in [5.74, 6) is 1.03. The van der Waals surface area contributed by atoms with E-state index in [-0.39, 0.29) is 57.8 Å². The van der Waals surface area contributed by atoms with Crippen molar-refractivity contribution in [3.05, 3.63) is 182 Å². The average Bonchev–Trinajstić information content (AvgIpc) is 4.02. The topological polar surface area (TPSA) is 56.7 Å². The lowest BCUT2D eigenvalue weighted by Gasteiger charge is -2.15. The van der Waals surface area contributed by atoms with E-state index >= 15 is 0 Å². The Morgan fingerprint density at radius 2 is 1.12 bits per heavy atom. The number of benzene rings is 8. The molecule has 266 valence electrons. The molecule has 12 aromatic rings. The molecular weight excluding hydrogens is 717 g/mol. The van der Waals surface area contributed by atoms with Gasteiger partial charge in [-0.2, -0.15) is 0 Å². The molecule has 0 radical (unpaired) electrons. The standard InChI is InChI=1S/C51H30N4OS/c1-6-22-42-35(15-1)36-16-2-7-23-43(36)55(42)44-24-8-3-19-41(44)51-53-49(52-50(54-51)33-27-28-38-37-17-4-9-25-45(37)56-46(38)30-33)32-14-11-13-31(29-32)34-20-12-21-40-39-18-5-10-26-47(39)57-48(34)40/h1-30H/i1D,2D,6D,15D,16D,22D,23D. The van der Waals surface area contributed by atoms with Gasteiger partial charge in [-0.1, -0.05) is 127 Å². The molecule has 0 aliphatic heterocycles. The quantitative estimate of drug-likeness (QED) is 0.176. The van der Waals surface area contributed by atoms with Gasteiger partial charge in [0, 0.05) is 58.4 Å². The highest BCUT2D eigenvalue weighted by atomic mass is 32.1. The van der Waals surface area contributed by atoms with Gasteiger partial charge in [-0.25, -0.2) is 15.0 Å². The third-order valence-corrected chi connectivity index (χ3v) is 11.8. The Hall–Kier alpha value is -7.41. The normalized spacial score (nSPS) is 13.6. The smallest absolute Gasteiger partial charge is 0.166 e. The van der Waals surface area contributed by atoms with Gasteiger partial charge in [-0.05, 0) is 65.7 Å². The molecule has 0 aliphatic carbocycles. The Kier molecular flexibility index (Phi) is 5.65. The molecule has 0 unspecified atom stereocenters. The fourth-order valence-electron chi connectivity index (χ4n) is 7.99. The second-order valence-corrected chi connectivity index (χ2v) is 14.9. The largest absolute Gasteiger partial charge is 0.456 e. The predicted molar refractivity (Wildman–Crippen MR) is 236 cm³/mol. The van der Waals surface area contributed by atoms with Crippen molar-refractivity contribution >= 4 is 75.3 Å². The average molecular weight is 754 g/mol. The van der Waals surface area contributed by atoms with Gasteiger partial charge in [-0.3, -0.25) is 0 Å². The molecule has 0 saturated carbocycles. The minimum atomic E-state index is -0.467. The molecule has 5 nitrogen and oxygen atoms in total. The highest BCUT2D eigenvalue weighted by Gasteiger charge is 2.20. The first-order chi connectivity index (χ1) is 31.1. The van der Waals surface area contributed by atoms with Crippen molar-refractivity contribution in [1.29, 1.82) is 0 Å². The molecular formula is C51H30N4OS. The lowest BCUT2D eigenvalue weighted by molar-refractivity contribution is 0.669. The van der Waals surface area contributed by atoms with Gasteiger partial charge >= 0.3 is 0 Å². The van der Waals surface area contributed by atoms with Gasteiger partial charge in [0.15, 0.2) is 17.5 Å². The zero-order valence-electron chi connectivity index (χ0n) is 36.9. The number of fused-ring (bicyclic) bond motifs is 9. The minimum absolute atomic E-state index is 0.0602. The minimum Gasteiger partial charge on any atom is -0.456 e. The van der Waals surface area contributed by atoms with Gasteiger partial charge < -0.3 is 8.98 Å². The molecule has 0 spiro atoms. The summed E-state index contributed by atoms with van der Waals surface area (Å²) in [5, 5.41) is 4.50. The molecule has 0 bridgehead atoms. The van der Waals surface area contributed by atoms with E-state index in [0.717, 1.165) is 33.0 Å². The van der Waals surface area contributed by atoms with Crippen molar-refractivity contribution in [3.63, 3.8) is 0 Å². The number of hydrogen-bond donors (Lipinski definition) is 0. The number of aromatic nitrogens is 4. The van der Waals surface area contributed by atoms with Crippen molar-refractivity contribution in [2.75, 3.05) is 0 Å². The third kappa shape index (κ3) is 5.04. The fourth-order valence-corrected chi connectivity index (χ4v) is 9.22. The maximum Gasteiger partial charge on any atom is 0.166 e. The summed E-state index contributed by atoms with van der Waals surface area (Å²) in [6.07, 6.45) is 0. The van der Waals surface area contributed by atoms with E-state index in [1.165, 1.54) is 26.2 Å². The molecule has 0 N–H and O–H groups in total. The SMILES string of the molecule is [2H]c1cc([2H])c2c(c1[2H])c1c([2H])c([2H])c([2H])c([2H])c1n2-c1ccccc1-c1nc(-c2cccc(-c3cccc4c3sc3ccccc34)c2)nc(-c2ccc3c(c2)oc2ccccc23)n1. The monoisotopic (exact) mass is 753 g/mol. The second-order valence-electron chi connectivity index (χ2n) is 13.8. The molecule has 4 heterocycles. The summed E-state index contributed by atoms with van der Waals surface area (Å²) in [6, 6.07) is 43.0. The first-order valence-electron chi connectivity index (χ1n) is 21.9. The van der Waals surface area contributed by atoms with Crippen LogP contribution in [0, 0.1) is 0 Å². The Bertz CT molecular complexity index is 3970. The first-order valence-corrected chi connectivity index (χ1v) is 19.3. The molecule has 0 saturated heterocycles. The maximum atomic E-state index is 9.16. The molecule has 57 heavy (non-hydrogen) atoms. The molecule has 0 amide bonds. The molecule has 8 aromatic carbocycles. The van der Waals surface area contributed by atoms with Gasteiger partial charge in [0.05, 0.1) is 26.3 Å². The summed E-state index contributed by atoms with van der Waals surface area (Å²) < 4.78 is 72.3. The first kappa shape index (κ1) is 25.6. The number of furan rings is 1. The molecule has 6 heteroatoms. The van der Waals surface area contributed by atoms with Crippen LogP contribution in [-0.2, 0) is 0 Å². The zero-order valence-corrected chi connectivity index (χ0v) is 30.7. The van der Waals surface area contributed by atoms with Gasteiger partial charge in [0.2, 0.25) is 0 Å². The van der Waals surface area contributed by atoms with Crippen molar-refractivity contribution in [2.24, 2.45) is 0 Å². The van der Waals surface area contributed by atoms with Crippen LogP contribution in [0.4, 0.5) is 0 Å². The van der Waals surface area contributed by atoms with E-state index in [1.54, 1.807) is 28.0 Å². The lowest BCUT2D eigenvalue weighted by Crippen LogP contribution is -2.03. The zero-order chi connectivity index (χ0) is 43.5. The lowest BCUT2D eigenvalue weighted by atomic mass is 10.0. The molecule has 0 atom stereocenters. The summed E-state index contributed by atoms with van der Waals surface area (Å²) >= 11 is 1.76. The highest BCUT2D eigenvalue weighted by Crippen LogP contribution is 2.41. The molecule has 0 fully saturated rings. The van der Waals surface area contributed by atoms with Crippen LogP contribution in [-0.4, -0.2) is 19.5 Å². The Morgan fingerprint density at radius 3 is 2.05 bits per heavy atom. The summed E-state index contributed by atoms with van der Waals surface area (Å²) in [6.45, 7) is 0. The van der Waals surface area contributed by atoms with Crippen LogP contribution in [0.25, 0.3) is 115 Å². The predicted octanol–water partition coefficient (Wildman–Crippen LogP) is 13.9. The van der Waals surface area contributed by atoms with E-state index in [9.17, 15) is 0 Å². The Balaban J connectivity index is 1.12. The van der Waals surface area contributed by atoms with E-state index in [4.69, 9.17) is 29.0 Å². The van der Waals surface area contributed by atoms with Crippen LogP contribution in [0.2, 0.25) is 0 Å². The van der Waals surface area contributed by atoms with Crippen LogP contribution in [0.1, 0.15) is 9.60 Å². The van der Waals surface area contributed by atoms with Crippen LogP contribution in [0.3, 0.4) is 0 Å². The molecule has 4 aromatic heterocycles. The van der Waals surface area contributed by atoms with Gasteiger partial charge in [0.25, 0.3) is 0 Å². The summed E-state index contributed by atoms with van der Waals surface area (Å²) in [7, 11) is 0. The number of nitrogens with zero attached hydrogens (tertiary/aromatic N) is 4. The maximum absolute atomic E-state index is 9.16. The van der Waals surface area contributed by atoms with Gasteiger partial charge in [0.1, 0.15) is 11.2 Å². The van der Waals surface area contributed by atoms with Crippen molar-refractivity contribution in [3.8, 4) is 51.0 Å². The number of hydrogen-bond acceptors (Lipinski definition) is 5. The number of para-hydroxylation sites is 4. The van der Waals surface area contributed by atoms with Crippen LogP contribution < -0.4 is 0 Å². The number of rotatable bonds is 5. The van der Waals surface area contributed by atoms with E-state index < -0.39 is 12.1 Å². The van der Waals surface area contributed by atoms with E-state index in [2.05, 4.69) is 54.6 Å². The van der Waals surface area contributed by atoms with Crippen LogP contribution in [0.15, 0.2) is 186 Å². The molecule has 12 rings (SSSR count). The van der Waals surface area contributed by atoms with E-state index in [0.29, 0.717) is 34.0 Å². The summed E-state index contributed by atoms with van der Waals surface area (Å²) in [5.41, 5.74) is 6.07. The fraction of sp³-hybridized carbons (Fsp3) is 0. The van der Waals surface area contributed by atoms with Crippen LogP contribution >= 0.6 is 11.3 Å². The van der Waals surface area contributed by atoms with Crippen molar-refractivity contribution in [1.82, 2.24) is 19.5 Å². The van der Waals surface area contributed by atoms with Crippen molar-refractivity contribution < 1.29 is 14.0 Å². The second kappa shape index (κ2) is 12.6. The third-order valence-electron chi connectivity index (χ3n) is 10.6. The highest BCUT2D eigenvalue weighted by molar-refractivity contribution is 7.26. The Morgan fingerprint density at radius 1 is 0.456 bits per heavy atom. The number of thiophene rings is 1. The van der Waals surface area contributed by atoms with Crippen molar-refractivity contribution in [2.45, 2.75) is 0 Å².